The Morgan fingerprint density at radius 1 is 1.19 bits per heavy atom. The molecule has 2 heterocycles. The molecule has 0 amide bonds. The summed E-state index contributed by atoms with van der Waals surface area (Å²) >= 11 is 1.75. The van der Waals surface area contributed by atoms with E-state index in [4.69, 9.17) is 4.74 Å². The lowest BCUT2D eigenvalue weighted by Crippen LogP contribution is -2.46. The lowest BCUT2D eigenvalue weighted by molar-refractivity contribution is -0.0620. The summed E-state index contributed by atoms with van der Waals surface area (Å²) in [6.45, 7) is 2.51. The third kappa shape index (κ3) is 2.42. The van der Waals surface area contributed by atoms with Gasteiger partial charge in [-0.25, -0.2) is 0 Å². The lowest BCUT2D eigenvalue weighted by Gasteiger charge is -2.37. The van der Waals surface area contributed by atoms with Gasteiger partial charge < -0.3 is 9.84 Å². The molecule has 1 aliphatic heterocycles. The number of hydrogen-bond donors (Lipinski definition) is 1. The van der Waals surface area contributed by atoms with Gasteiger partial charge in [0.1, 0.15) is 6.10 Å². The van der Waals surface area contributed by atoms with Crippen LogP contribution < -0.4 is 0 Å². The maximum absolute atomic E-state index is 10.6. The van der Waals surface area contributed by atoms with E-state index in [1.807, 2.05) is 6.07 Å². The van der Waals surface area contributed by atoms with Crippen LogP contribution in [0.25, 0.3) is 0 Å². The molecule has 1 saturated heterocycles. The maximum atomic E-state index is 10.6. The molecular weight excluding hydrogens is 282 g/mol. The minimum absolute atomic E-state index is 0.148. The molecule has 0 saturated carbocycles. The minimum Gasteiger partial charge on any atom is -0.387 e. The molecular formula is C17H19NO2S. The summed E-state index contributed by atoms with van der Waals surface area (Å²) < 4.78 is 5.91. The predicted octanol–water partition coefficient (Wildman–Crippen LogP) is 2.78. The zero-order valence-corrected chi connectivity index (χ0v) is 12.6. The number of benzene rings is 1. The first kappa shape index (κ1) is 13.5. The Balaban J connectivity index is 1.52. The van der Waals surface area contributed by atoms with Gasteiger partial charge in [-0.3, -0.25) is 4.90 Å². The second kappa shape index (κ2) is 5.54. The summed E-state index contributed by atoms with van der Waals surface area (Å²) in [4.78, 5) is 3.68. The average Bonchev–Trinajstić information content (AvgIpc) is 3.16. The molecule has 0 spiro atoms. The fourth-order valence-electron chi connectivity index (χ4n) is 3.50. The molecule has 1 fully saturated rings. The molecule has 3 atom stereocenters. The van der Waals surface area contributed by atoms with E-state index in [1.54, 1.807) is 11.3 Å². The van der Waals surface area contributed by atoms with Gasteiger partial charge in [0.2, 0.25) is 0 Å². The molecule has 0 unspecified atom stereocenters. The third-order valence-corrected chi connectivity index (χ3v) is 5.56. The highest BCUT2D eigenvalue weighted by Gasteiger charge is 2.37. The minimum atomic E-state index is -0.372. The standard InChI is InChI=1S/C17H19NO2S/c19-17-13-5-2-1-4-12(13)10-14(17)18-7-8-20-15(11-18)16-6-3-9-21-16/h1-6,9,14-15,17,19H,7-8,10-11H2/t14-,15-,17+/m0/s1. The maximum Gasteiger partial charge on any atom is 0.104 e. The van der Waals surface area contributed by atoms with Gasteiger partial charge >= 0.3 is 0 Å². The SMILES string of the molecule is O[C@@H]1c2ccccc2C[C@@H]1N1CCO[C@H](c2cccs2)C1. The van der Waals surface area contributed by atoms with E-state index in [1.165, 1.54) is 10.4 Å². The number of morpholine rings is 1. The number of aliphatic hydroxyl groups is 1. The van der Waals surface area contributed by atoms with Crippen LogP contribution >= 0.6 is 11.3 Å². The number of fused-ring (bicyclic) bond motifs is 1. The second-order valence-electron chi connectivity index (χ2n) is 5.78. The summed E-state index contributed by atoms with van der Waals surface area (Å²) in [5.74, 6) is 0. The summed E-state index contributed by atoms with van der Waals surface area (Å²) in [6.07, 6.45) is 0.715. The van der Waals surface area contributed by atoms with Crippen molar-refractivity contribution in [1.82, 2.24) is 4.90 Å². The average molecular weight is 301 g/mol. The first-order valence-corrected chi connectivity index (χ1v) is 8.36. The van der Waals surface area contributed by atoms with Crippen molar-refractivity contribution in [2.45, 2.75) is 24.7 Å². The summed E-state index contributed by atoms with van der Waals surface area (Å²) in [7, 11) is 0. The van der Waals surface area contributed by atoms with Crippen LogP contribution in [0.4, 0.5) is 0 Å². The van der Waals surface area contributed by atoms with Gasteiger partial charge in [0.05, 0.1) is 12.7 Å². The predicted molar refractivity (Wildman–Crippen MR) is 83.5 cm³/mol. The molecule has 1 aliphatic carbocycles. The Kier molecular flexibility index (Phi) is 3.55. The molecule has 0 radical (unpaired) electrons. The molecule has 4 heteroatoms. The van der Waals surface area contributed by atoms with Gasteiger partial charge in [0.25, 0.3) is 0 Å². The van der Waals surface area contributed by atoms with Crippen LogP contribution in [-0.4, -0.2) is 35.7 Å². The highest BCUT2D eigenvalue weighted by atomic mass is 32.1. The first-order valence-electron chi connectivity index (χ1n) is 7.48. The molecule has 1 aromatic carbocycles. The molecule has 1 N–H and O–H groups in total. The molecule has 21 heavy (non-hydrogen) atoms. The van der Waals surface area contributed by atoms with Crippen LogP contribution in [0.3, 0.4) is 0 Å². The molecule has 4 rings (SSSR count). The van der Waals surface area contributed by atoms with Gasteiger partial charge in [-0.2, -0.15) is 0 Å². The first-order chi connectivity index (χ1) is 10.3. The van der Waals surface area contributed by atoms with E-state index in [0.29, 0.717) is 0 Å². The van der Waals surface area contributed by atoms with E-state index >= 15 is 0 Å². The molecule has 110 valence electrons. The van der Waals surface area contributed by atoms with Crippen molar-refractivity contribution in [3.05, 3.63) is 57.8 Å². The Morgan fingerprint density at radius 2 is 2.10 bits per heavy atom. The van der Waals surface area contributed by atoms with Crippen LogP contribution in [0.15, 0.2) is 41.8 Å². The fourth-order valence-corrected chi connectivity index (χ4v) is 4.26. The van der Waals surface area contributed by atoms with Crippen molar-refractivity contribution in [1.29, 1.82) is 0 Å². The zero-order valence-electron chi connectivity index (χ0n) is 11.8. The number of rotatable bonds is 2. The Bertz CT molecular complexity index is 613. The molecule has 2 aromatic rings. The van der Waals surface area contributed by atoms with Gasteiger partial charge in [0, 0.05) is 24.0 Å². The van der Waals surface area contributed by atoms with Crippen molar-refractivity contribution < 1.29 is 9.84 Å². The summed E-state index contributed by atoms with van der Waals surface area (Å²) in [6, 6.07) is 12.7. The van der Waals surface area contributed by atoms with Crippen molar-refractivity contribution in [2.75, 3.05) is 19.7 Å². The largest absolute Gasteiger partial charge is 0.387 e. The van der Waals surface area contributed by atoms with Gasteiger partial charge in [-0.05, 0) is 29.0 Å². The lowest BCUT2D eigenvalue weighted by atomic mass is 10.1. The van der Waals surface area contributed by atoms with E-state index < -0.39 is 0 Å². The highest BCUT2D eigenvalue weighted by molar-refractivity contribution is 7.10. The van der Waals surface area contributed by atoms with Crippen LogP contribution in [0.2, 0.25) is 0 Å². The topological polar surface area (TPSA) is 32.7 Å². The Hall–Kier alpha value is -1.20. The van der Waals surface area contributed by atoms with E-state index in [9.17, 15) is 5.11 Å². The molecule has 1 aromatic heterocycles. The molecule has 0 bridgehead atoms. The van der Waals surface area contributed by atoms with Crippen LogP contribution in [0.1, 0.15) is 28.2 Å². The van der Waals surface area contributed by atoms with Crippen molar-refractivity contribution in [3.8, 4) is 0 Å². The van der Waals surface area contributed by atoms with Crippen molar-refractivity contribution in [2.24, 2.45) is 0 Å². The second-order valence-corrected chi connectivity index (χ2v) is 6.76. The van der Waals surface area contributed by atoms with Crippen molar-refractivity contribution in [3.63, 3.8) is 0 Å². The fraction of sp³-hybridized carbons (Fsp3) is 0.412. The van der Waals surface area contributed by atoms with Gasteiger partial charge in [-0.1, -0.05) is 30.3 Å². The van der Waals surface area contributed by atoms with Crippen LogP contribution in [0.5, 0.6) is 0 Å². The Morgan fingerprint density at radius 3 is 2.90 bits per heavy atom. The van der Waals surface area contributed by atoms with Crippen LogP contribution in [0, 0.1) is 0 Å². The summed E-state index contributed by atoms with van der Waals surface area (Å²) in [5, 5.41) is 12.7. The monoisotopic (exact) mass is 301 g/mol. The van der Waals surface area contributed by atoms with Gasteiger partial charge in [0.15, 0.2) is 0 Å². The number of nitrogens with zero attached hydrogens (tertiary/aromatic N) is 1. The van der Waals surface area contributed by atoms with Gasteiger partial charge in [-0.15, -0.1) is 11.3 Å². The van der Waals surface area contributed by atoms with Crippen LogP contribution in [-0.2, 0) is 11.2 Å². The normalized spacial score (nSPS) is 29.5. The van der Waals surface area contributed by atoms with E-state index in [2.05, 4.69) is 40.6 Å². The zero-order chi connectivity index (χ0) is 14.2. The van der Waals surface area contributed by atoms with E-state index in [0.717, 1.165) is 31.7 Å². The quantitative estimate of drug-likeness (QED) is 0.926. The smallest absolute Gasteiger partial charge is 0.104 e. The third-order valence-electron chi connectivity index (χ3n) is 4.59. The molecule has 2 aliphatic rings. The van der Waals surface area contributed by atoms with Crippen molar-refractivity contribution >= 4 is 11.3 Å². The Labute approximate surface area is 128 Å². The number of thiophene rings is 1. The number of ether oxygens (including phenoxy) is 1. The number of hydrogen-bond acceptors (Lipinski definition) is 4. The number of aliphatic hydroxyl groups excluding tert-OH is 1. The highest BCUT2D eigenvalue weighted by Crippen LogP contribution is 2.36. The summed E-state index contributed by atoms with van der Waals surface area (Å²) in [5.41, 5.74) is 2.39. The van der Waals surface area contributed by atoms with E-state index in [-0.39, 0.29) is 18.2 Å². The molecule has 3 nitrogen and oxygen atoms in total.